The van der Waals surface area contributed by atoms with E-state index in [1.165, 1.54) is 4.31 Å². The lowest BCUT2D eigenvalue weighted by atomic mass is 9.99. The van der Waals surface area contributed by atoms with E-state index in [0.717, 1.165) is 11.1 Å². The molecule has 0 atom stereocenters. The maximum Gasteiger partial charge on any atom is 0.243 e. The van der Waals surface area contributed by atoms with Gasteiger partial charge in [-0.2, -0.15) is 4.31 Å². The smallest absolute Gasteiger partial charge is 0.243 e. The third-order valence-corrected chi connectivity index (χ3v) is 7.84. The molecule has 0 bridgehead atoms. The molecule has 7 nitrogen and oxygen atoms in total. The van der Waals surface area contributed by atoms with Crippen LogP contribution in [0.1, 0.15) is 22.7 Å². The normalized spacial score (nSPS) is 14.6. The Balaban J connectivity index is 1.47. The van der Waals surface area contributed by atoms with Crippen molar-refractivity contribution in [2.75, 3.05) is 38.2 Å². The molecule has 0 unspecified atom stereocenters. The molecule has 0 saturated carbocycles. The van der Waals surface area contributed by atoms with E-state index >= 15 is 0 Å². The predicted molar refractivity (Wildman–Crippen MR) is 132 cm³/mol. The highest BCUT2D eigenvalue weighted by molar-refractivity contribution is 7.89. The van der Waals surface area contributed by atoms with Gasteiger partial charge in [0, 0.05) is 18.8 Å². The number of amides is 1. The molecule has 0 aromatic heterocycles. The lowest BCUT2D eigenvalue weighted by Crippen LogP contribution is -2.40. The van der Waals surface area contributed by atoms with Gasteiger partial charge in [0.1, 0.15) is 0 Å². The lowest BCUT2D eigenvalue weighted by molar-refractivity contribution is -0.119. The first-order valence-corrected chi connectivity index (χ1v) is 12.7. The molecule has 8 heteroatoms. The number of anilines is 1. The highest BCUT2D eigenvalue weighted by Crippen LogP contribution is 2.25. The molecule has 1 aliphatic rings. The molecule has 4 rings (SSSR count). The van der Waals surface area contributed by atoms with Crippen molar-refractivity contribution in [2.24, 2.45) is 0 Å². The first-order chi connectivity index (χ1) is 16.4. The number of hydrogen-bond acceptors (Lipinski definition) is 5. The number of morpholine rings is 1. The van der Waals surface area contributed by atoms with E-state index in [4.69, 9.17) is 4.74 Å². The van der Waals surface area contributed by atoms with Crippen LogP contribution in [-0.4, -0.2) is 51.5 Å². The van der Waals surface area contributed by atoms with E-state index in [1.54, 1.807) is 25.1 Å². The molecule has 0 spiro atoms. The van der Waals surface area contributed by atoms with Crippen molar-refractivity contribution < 1.29 is 17.9 Å². The van der Waals surface area contributed by atoms with Crippen LogP contribution in [0.5, 0.6) is 0 Å². The van der Waals surface area contributed by atoms with Crippen LogP contribution in [0.2, 0.25) is 0 Å². The molecular weight excluding hydrogens is 450 g/mol. The van der Waals surface area contributed by atoms with E-state index in [1.807, 2.05) is 60.7 Å². The zero-order valence-corrected chi connectivity index (χ0v) is 19.9. The monoisotopic (exact) mass is 479 g/mol. The highest BCUT2D eigenvalue weighted by Gasteiger charge is 2.28. The van der Waals surface area contributed by atoms with E-state index in [2.05, 4.69) is 10.6 Å². The summed E-state index contributed by atoms with van der Waals surface area (Å²) < 4.78 is 33.0. The largest absolute Gasteiger partial charge is 0.379 e. The number of aryl methyl sites for hydroxylation is 1. The fourth-order valence-electron chi connectivity index (χ4n) is 3.96. The van der Waals surface area contributed by atoms with Gasteiger partial charge in [-0.1, -0.05) is 66.7 Å². The van der Waals surface area contributed by atoms with Crippen molar-refractivity contribution in [3.8, 4) is 0 Å². The zero-order chi connectivity index (χ0) is 24.0. The Hall–Kier alpha value is -3.20. The summed E-state index contributed by atoms with van der Waals surface area (Å²) in [6.45, 7) is 3.23. The second kappa shape index (κ2) is 10.8. The summed E-state index contributed by atoms with van der Waals surface area (Å²) >= 11 is 0. The molecule has 34 heavy (non-hydrogen) atoms. The van der Waals surface area contributed by atoms with E-state index in [-0.39, 0.29) is 23.4 Å². The SMILES string of the molecule is Cc1ccc(NCC(=O)NC(c2ccccc2)c2ccccc2)cc1S(=O)(=O)N1CCOCC1. The molecule has 3 aromatic rings. The van der Waals surface area contributed by atoms with Crippen molar-refractivity contribution in [1.29, 1.82) is 0 Å². The average Bonchev–Trinajstić information content (AvgIpc) is 2.88. The zero-order valence-electron chi connectivity index (χ0n) is 19.1. The number of sulfonamides is 1. The van der Waals surface area contributed by atoms with Crippen molar-refractivity contribution in [3.63, 3.8) is 0 Å². The summed E-state index contributed by atoms with van der Waals surface area (Å²) in [6, 6.07) is 24.4. The van der Waals surface area contributed by atoms with Gasteiger partial charge in [-0.05, 0) is 35.7 Å². The van der Waals surface area contributed by atoms with E-state index < -0.39 is 10.0 Å². The van der Waals surface area contributed by atoms with Crippen LogP contribution in [0.3, 0.4) is 0 Å². The topological polar surface area (TPSA) is 87.7 Å². The number of nitrogens with zero attached hydrogens (tertiary/aromatic N) is 1. The Morgan fingerprint density at radius 1 is 0.941 bits per heavy atom. The Morgan fingerprint density at radius 2 is 1.53 bits per heavy atom. The van der Waals surface area contributed by atoms with Crippen LogP contribution >= 0.6 is 0 Å². The Kier molecular flexibility index (Phi) is 7.62. The quantitative estimate of drug-likeness (QED) is 0.518. The van der Waals surface area contributed by atoms with Crippen LogP contribution in [0.15, 0.2) is 83.8 Å². The first-order valence-electron chi connectivity index (χ1n) is 11.3. The minimum Gasteiger partial charge on any atom is -0.379 e. The van der Waals surface area contributed by atoms with Gasteiger partial charge in [-0.25, -0.2) is 8.42 Å². The summed E-state index contributed by atoms with van der Waals surface area (Å²) in [6.07, 6.45) is 0. The molecule has 0 aliphatic carbocycles. The van der Waals surface area contributed by atoms with Crippen LogP contribution in [-0.2, 0) is 19.6 Å². The molecule has 2 N–H and O–H groups in total. The molecule has 1 amide bonds. The second-order valence-electron chi connectivity index (χ2n) is 8.17. The molecular formula is C26H29N3O4S. The van der Waals surface area contributed by atoms with Gasteiger partial charge in [0.05, 0.1) is 30.7 Å². The number of carbonyl (C=O) groups excluding carboxylic acids is 1. The number of ether oxygens (including phenoxy) is 1. The van der Waals surface area contributed by atoms with Gasteiger partial charge in [-0.15, -0.1) is 0 Å². The van der Waals surface area contributed by atoms with Crippen LogP contribution in [0.4, 0.5) is 5.69 Å². The average molecular weight is 480 g/mol. The summed E-state index contributed by atoms with van der Waals surface area (Å²) in [5.74, 6) is -0.198. The minimum atomic E-state index is -3.63. The minimum absolute atomic E-state index is 0.0102. The molecule has 3 aromatic carbocycles. The van der Waals surface area contributed by atoms with Gasteiger partial charge >= 0.3 is 0 Å². The predicted octanol–water partition coefficient (Wildman–Crippen LogP) is 3.33. The van der Waals surface area contributed by atoms with Crippen LogP contribution in [0, 0.1) is 6.92 Å². The molecule has 0 radical (unpaired) electrons. The summed E-state index contributed by atoms with van der Waals surface area (Å²) in [5, 5.41) is 6.16. The summed E-state index contributed by atoms with van der Waals surface area (Å²) in [4.78, 5) is 13.1. The highest BCUT2D eigenvalue weighted by atomic mass is 32.2. The molecule has 1 heterocycles. The molecule has 1 fully saturated rings. The Morgan fingerprint density at radius 3 is 2.12 bits per heavy atom. The Labute approximate surface area is 200 Å². The number of rotatable bonds is 8. The van der Waals surface area contributed by atoms with Crippen molar-refractivity contribution in [2.45, 2.75) is 17.9 Å². The van der Waals surface area contributed by atoms with Crippen molar-refractivity contribution in [1.82, 2.24) is 9.62 Å². The fraction of sp³-hybridized carbons (Fsp3) is 0.269. The molecule has 1 aliphatic heterocycles. The van der Waals surface area contributed by atoms with Gasteiger partial charge in [0.2, 0.25) is 15.9 Å². The van der Waals surface area contributed by atoms with Gasteiger partial charge in [-0.3, -0.25) is 4.79 Å². The fourth-order valence-corrected chi connectivity index (χ4v) is 5.62. The molecule has 178 valence electrons. The standard InChI is InChI=1S/C26H29N3O4S/c1-20-12-13-23(18-24(20)34(31,32)29-14-16-33-17-15-29)27-19-25(30)28-26(21-8-4-2-5-9-21)22-10-6-3-7-11-22/h2-13,18,26-27H,14-17,19H2,1H3,(H,28,30). The van der Waals surface area contributed by atoms with E-state index in [9.17, 15) is 13.2 Å². The third-order valence-electron chi connectivity index (χ3n) is 5.80. The van der Waals surface area contributed by atoms with Gasteiger partial charge in [0.25, 0.3) is 0 Å². The Bertz CT molecular complexity index is 1170. The maximum atomic E-state index is 13.1. The third kappa shape index (κ3) is 5.64. The lowest BCUT2D eigenvalue weighted by Gasteiger charge is -2.27. The number of hydrogen-bond donors (Lipinski definition) is 2. The summed E-state index contributed by atoms with van der Waals surface area (Å²) in [5.41, 5.74) is 3.20. The van der Waals surface area contributed by atoms with E-state index in [0.29, 0.717) is 37.6 Å². The van der Waals surface area contributed by atoms with Crippen LogP contribution in [0.25, 0.3) is 0 Å². The first kappa shape index (κ1) is 23.9. The maximum absolute atomic E-state index is 13.1. The van der Waals surface area contributed by atoms with Gasteiger partial charge < -0.3 is 15.4 Å². The number of carbonyl (C=O) groups is 1. The number of benzene rings is 3. The van der Waals surface area contributed by atoms with Crippen molar-refractivity contribution >= 4 is 21.6 Å². The van der Waals surface area contributed by atoms with Crippen molar-refractivity contribution in [3.05, 3.63) is 95.6 Å². The second-order valence-corrected chi connectivity index (χ2v) is 10.1. The van der Waals surface area contributed by atoms with Crippen LogP contribution < -0.4 is 10.6 Å². The van der Waals surface area contributed by atoms with Gasteiger partial charge in [0.15, 0.2) is 0 Å². The molecule has 1 saturated heterocycles. The summed E-state index contributed by atoms with van der Waals surface area (Å²) in [7, 11) is -3.63. The number of nitrogens with one attached hydrogen (secondary N) is 2.